The van der Waals surface area contributed by atoms with Crippen LogP contribution < -0.4 is 4.90 Å². The van der Waals surface area contributed by atoms with Crippen LogP contribution in [0.1, 0.15) is 26.7 Å². The molecule has 0 N–H and O–H groups in total. The van der Waals surface area contributed by atoms with Crippen LogP contribution in [0.25, 0.3) is 0 Å². The van der Waals surface area contributed by atoms with Crippen molar-refractivity contribution in [1.82, 2.24) is 0 Å². The molecule has 116 valence electrons. The summed E-state index contributed by atoms with van der Waals surface area (Å²) < 4.78 is 0. The highest BCUT2D eigenvalue weighted by Gasteiger charge is 2.66. The smallest absolute Gasteiger partial charge is 0.241 e. The van der Waals surface area contributed by atoms with Crippen molar-refractivity contribution in [3.63, 3.8) is 0 Å². The van der Waals surface area contributed by atoms with Crippen LogP contribution in [0.3, 0.4) is 0 Å². The predicted molar refractivity (Wildman–Crippen MR) is 83.4 cm³/mol. The highest BCUT2D eigenvalue weighted by atomic mass is 16.2. The van der Waals surface area contributed by atoms with Gasteiger partial charge in [-0.1, -0.05) is 31.5 Å². The molecule has 2 aliphatic rings. The summed E-state index contributed by atoms with van der Waals surface area (Å²) in [6, 6.07) is 9.39. The van der Waals surface area contributed by atoms with E-state index < -0.39 is 11.3 Å². The van der Waals surface area contributed by atoms with Gasteiger partial charge in [-0.3, -0.25) is 9.59 Å². The molecule has 1 aliphatic heterocycles. The van der Waals surface area contributed by atoms with E-state index in [1.807, 2.05) is 37.3 Å². The molecule has 0 aromatic heterocycles. The van der Waals surface area contributed by atoms with Crippen LogP contribution in [0, 0.1) is 23.2 Å². The van der Waals surface area contributed by atoms with Crippen LogP contribution in [0.4, 0.5) is 5.69 Å². The first-order valence-electron chi connectivity index (χ1n) is 7.90. The van der Waals surface area contributed by atoms with E-state index in [0.29, 0.717) is 6.54 Å². The third-order valence-electron chi connectivity index (χ3n) is 5.49. The topological polar surface area (TPSA) is 54.5 Å². The van der Waals surface area contributed by atoms with Gasteiger partial charge in [0.15, 0.2) is 0 Å². The number of Topliss-reactive ketones (excluding diaryl/α,β-unsaturated/α-hetero) is 1. The Hall–Kier alpha value is -1.97. The fourth-order valence-electron chi connectivity index (χ4n) is 4.53. The summed E-state index contributed by atoms with van der Waals surface area (Å²) in [6.45, 7) is 4.07. The number of carbonyl (C=O) groups is 3. The van der Waals surface area contributed by atoms with Crippen molar-refractivity contribution in [2.45, 2.75) is 26.7 Å². The van der Waals surface area contributed by atoms with E-state index in [1.54, 1.807) is 4.90 Å². The second kappa shape index (κ2) is 5.34. The second-order valence-electron chi connectivity index (χ2n) is 6.49. The third kappa shape index (κ3) is 1.86. The lowest BCUT2D eigenvalue weighted by Crippen LogP contribution is -2.45. The first-order chi connectivity index (χ1) is 10.6. The van der Waals surface area contributed by atoms with E-state index in [0.717, 1.165) is 24.8 Å². The molecule has 1 saturated carbocycles. The zero-order valence-corrected chi connectivity index (χ0v) is 13.0. The van der Waals surface area contributed by atoms with Crippen LogP contribution in [-0.2, 0) is 14.4 Å². The van der Waals surface area contributed by atoms with Crippen LogP contribution in [0.15, 0.2) is 30.3 Å². The zero-order valence-electron chi connectivity index (χ0n) is 13.0. The van der Waals surface area contributed by atoms with Crippen molar-refractivity contribution >= 4 is 23.7 Å². The van der Waals surface area contributed by atoms with Crippen molar-refractivity contribution < 1.29 is 14.4 Å². The molecule has 22 heavy (non-hydrogen) atoms. The summed E-state index contributed by atoms with van der Waals surface area (Å²) >= 11 is 0. The first-order valence-corrected chi connectivity index (χ1v) is 7.90. The van der Waals surface area contributed by atoms with Gasteiger partial charge in [0.2, 0.25) is 5.91 Å². The fraction of sp³-hybridized carbons (Fsp3) is 0.500. The van der Waals surface area contributed by atoms with Crippen molar-refractivity contribution in [1.29, 1.82) is 0 Å². The maximum absolute atomic E-state index is 13.1. The monoisotopic (exact) mass is 299 g/mol. The maximum atomic E-state index is 13.1. The maximum Gasteiger partial charge on any atom is 0.241 e. The normalized spacial score (nSPS) is 33.8. The van der Waals surface area contributed by atoms with Crippen LogP contribution >= 0.6 is 0 Å². The number of hydrogen-bond acceptors (Lipinski definition) is 3. The molecule has 3 rings (SSSR count). The summed E-state index contributed by atoms with van der Waals surface area (Å²) in [5.41, 5.74) is -0.346. The summed E-state index contributed by atoms with van der Waals surface area (Å²) in [4.78, 5) is 38.9. The Balaban J connectivity index is 2.04. The summed E-state index contributed by atoms with van der Waals surface area (Å²) in [6.07, 6.45) is 2.37. The first kappa shape index (κ1) is 14.9. The molecule has 1 saturated heterocycles. The number of ketones is 1. The van der Waals surface area contributed by atoms with Gasteiger partial charge in [-0.05, 0) is 37.3 Å². The molecule has 1 aromatic carbocycles. The summed E-state index contributed by atoms with van der Waals surface area (Å²) in [5.74, 6) is -0.632. The van der Waals surface area contributed by atoms with Crippen LogP contribution in [-0.4, -0.2) is 24.5 Å². The van der Waals surface area contributed by atoms with Gasteiger partial charge in [0.05, 0.1) is 0 Å². The van der Waals surface area contributed by atoms with Gasteiger partial charge in [-0.2, -0.15) is 0 Å². The Morgan fingerprint density at radius 2 is 2.05 bits per heavy atom. The number of anilines is 1. The Morgan fingerprint density at radius 1 is 1.36 bits per heavy atom. The molecule has 4 nitrogen and oxygen atoms in total. The highest BCUT2D eigenvalue weighted by Crippen LogP contribution is 2.56. The largest absolute Gasteiger partial charge is 0.311 e. The number of benzene rings is 1. The lowest BCUT2D eigenvalue weighted by Gasteiger charge is -2.29. The average molecular weight is 299 g/mol. The SMILES string of the molecule is CC[C@H]1C[C@@H]2CN(c3ccccc3)C(=O)[C@]2(C=O)[C@H]1C(C)=O. The van der Waals surface area contributed by atoms with Gasteiger partial charge in [0.25, 0.3) is 0 Å². The molecule has 0 unspecified atom stereocenters. The number of carbonyl (C=O) groups excluding carboxylic acids is 3. The van der Waals surface area contributed by atoms with Gasteiger partial charge < -0.3 is 9.69 Å². The molecule has 1 aromatic rings. The van der Waals surface area contributed by atoms with Gasteiger partial charge in [-0.25, -0.2) is 0 Å². The molecule has 1 amide bonds. The molecular formula is C18H21NO3. The minimum atomic E-state index is -1.15. The standard InChI is InChI=1S/C18H21NO3/c1-3-13-9-14-10-19(15-7-5-4-6-8-15)17(22)18(14,11-20)16(13)12(2)21/h4-8,11,13-14,16H,3,9-10H2,1-2H3/t13-,14+,16-,18-/m0/s1. The Morgan fingerprint density at radius 3 is 2.59 bits per heavy atom. The van der Waals surface area contributed by atoms with E-state index >= 15 is 0 Å². The van der Waals surface area contributed by atoms with E-state index in [4.69, 9.17) is 0 Å². The number of aldehydes is 1. The van der Waals surface area contributed by atoms with Crippen molar-refractivity contribution in [3.05, 3.63) is 30.3 Å². The molecule has 4 atom stereocenters. The van der Waals surface area contributed by atoms with Crippen molar-refractivity contribution in [2.24, 2.45) is 23.2 Å². The molecule has 0 radical (unpaired) electrons. The van der Waals surface area contributed by atoms with Crippen molar-refractivity contribution in [3.8, 4) is 0 Å². The Bertz CT molecular complexity index is 612. The second-order valence-corrected chi connectivity index (χ2v) is 6.49. The third-order valence-corrected chi connectivity index (χ3v) is 5.49. The lowest BCUT2D eigenvalue weighted by atomic mass is 9.71. The van der Waals surface area contributed by atoms with E-state index in [2.05, 4.69) is 0 Å². The summed E-state index contributed by atoms with van der Waals surface area (Å²) in [5, 5.41) is 0. The number of nitrogens with zero attached hydrogens (tertiary/aromatic N) is 1. The van der Waals surface area contributed by atoms with Gasteiger partial charge in [-0.15, -0.1) is 0 Å². The van der Waals surface area contributed by atoms with E-state index in [9.17, 15) is 14.4 Å². The van der Waals surface area contributed by atoms with E-state index in [1.165, 1.54) is 6.92 Å². The van der Waals surface area contributed by atoms with E-state index in [-0.39, 0.29) is 23.5 Å². The highest BCUT2D eigenvalue weighted by molar-refractivity contribution is 6.12. The number of hydrogen-bond donors (Lipinski definition) is 0. The molecule has 1 aliphatic carbocycles. The Kier molecular flexibility index (Phi) is 3.63. The van der Waals surface area contributed by atoms with Gasteiger partial charge in [0, 0.05) is 18.2 Å². The minimum absolute atomic E-state index is 0.0373. The molecule has 1 heterocycles. The lowest BCUT2D eigenvalue weighted by molar-refractivity contribution is -0.142. The predicted octanol–water partition coefficient (Wildman–Crippen LogP) is 2.47. The number of rotatable bonds is 4. The van der Waals surface area contributed by atoms with Gasteiger partial charge in [0.1, 0.15) is 17.5 Å². The van der Waals surface area contributed by atoms with Crippen LogP contribution in [0.5, 0.6) is 0 Å². The average Bonchev–Trinajstić information content (AvgIpc) is 3.00. The number of amides is 1. The Labute approximate surface area is 130 Å². The number of fused-ring (bicyclic) bond motifs is 1. The molecule has 0 bridgehead atoms. The quantitative estimate of drug-likeness (QED) is 0.634. The fourth-order valence-corrected chi connectivity index (χ4v) is 4.53. The minimum Gasteiger partial charge on any atom is -0.311 e. The molecular weight excluding hydrogens is 278 g/mol. The van der Waals surface area contributed by atoms with Gasteiger partial charge >= 0.3 is 0 Å². The summed E-state index contributed by atoms with van der Waals surface area (Å²) in [7, 11) is 0. The molecule has 0 spiro atoms. The molecule has 2 fully saturated rings. The zero-order chi connectivity index (χ0) is 15.9. The van der Waals surface area contributed by atoms with Crippen LogP contribution in [0.2, 0.25) is 0 Å². The number of para-hydroxylation sites is 1. The van der Waals surface area contributed by atoms with Crippen molar-refractivity contribution in [2.75, 3.05) is 11.4 Å². The molecule has 4 heteroatoms.